The average Bonchev–Trinajstić information content (AvgIpc) is 3.45. The van der Waals surface area contributed by atoms with E-state index in [2.05, 4.69) is 183 Å². The highest BCUT2D eigenvalue weighted by atomic mass is 28.3. The molecule has 0 N–H and O–H groups in total. The quantitative estimate of drug-likeness (QED) is 0.168. The van der Waals surface area contributed by atoms with Crippen LogP contribution in [0.4, 0.5) is 0 Å². The van der Waals surface area contributed by atoms with E-state index in [-0.39, 0.29) is 0 Å². The second-order valence-corrected chi connectivity index (χ2v) is 18.8. The maximum atomic E-state index is 5.29. The van der Waals surface area contributed by atoms with Crippen molar-refractivity contribution >= 4 is 40.0 Å². The molecule has 0 bridgehead atoms. The van der Waals surface area contributed by atoms with E-state index in [1.807, 2.05) is 6.07 Å². The van der Waals surface area contributed by atoms with Gasteiger partial charge in [0.25, 0.3) is 0 Å². The van der Waals surface area contributed by atoms with E-state index in [9.17, 15) is 0 Å². The minimum absolute atomic E-state index is 0.658. The SMILES string of the molecule is C[Si]1(C)c2cc3ccccc3cc2-c2c(-c3nc(-c4ccc(-c5cccc6ccccc56)cc4)nc(-c4cccc(-c5ccccc5)c4)n3)cccc21. The number of benzene rings is 8. The van der Waals surface area contributed by atoms with Gasteiger partial charge in [-0.2, -0.15) is 0 Å². The molecule has 0 fully saturated rings. The monoisotopic (exact) mass is 693 g/mol. The molecular weight excluding hydrogens is 659 g/mol. The molecule has 1 aromatic heterocycles. The normalized spacial score (nSPS) is 12.9. The van der Waals surface area contributed by atoms with Gasteiger partial charge in [0.05, 0.1) is 0 Å². The van der Waals surface area contributed by atoms with Crippen molar-refractivity contribution in [2.45, 2.75) is 13.1 Å². The summed E-state index contributed by atoms with van der Waals surface area (Å²) in [6, 6.07) is 62.9. The summed E-state index contributed by atoms with van der Waals surface area (Å²) in [5.41, 5.74) is 10.2. The van der Waals surface area contributed by atoms with Gasteiger partial charge in [-0.25, -0.2) is 15.0 Å². The second-order valence-electron chi connectivity index (χ2n) is 14.5. The molecule has 0 spiro atoms. The molecule has 0 saturated heterocycles. The van der Waals surface area contributed by atoms with Crippen molar-refractivity contribution in [1.29, 1.82) is 0 Å². The van der Waals surface area contributed by atoms with Crippen molar-refractivity contribution in [1.82, 2.24) is 15.0 Å². The van der Waals surface area contributed by atoms with Crippen molar-refractivity contribution in [2.24, 2.45) is 0 Å². The Bertz CT molecular complexity index is 2850. The molecule has 250 valence electrons. The number of rotatable bonds is 5. The van der Waals surface area contributed by atoms with Crippen LogP contribution in [-0.4, -0.2) is 23.0 Å². The summed E-state index contributed by atoms with van der Waals surface area (Å²) in [6.45, 7) is 4.93. The minimum atomic E-state index is -1.99. The number of aromatic nitrogens is 3. The third-order valence-electron chi connectivity index (χ3n) is 10.9. The lowest BCUT2D eigenvalue weighted by molar-refractivity contribution is 1.07. The number of hydrogen-bond acceptors (Lipinski definition) is 3. The van der Waals surface area contributed by atoms with Crippen molar-refractivity contribution in [3.63, 3.8) is 0 Å². The molecule has 9 aromatic rings. The highest BCUT2D eigenvalue weighted by molar-refractivity contribution is 7.04. The van der Waals surface area contributed by atoms with Crippen LogP contribution in [0.5, 0.6) is 0 Å². The standard InChI is InChI=1S/C49H35N3Si/c1-53(2)44-24-12-23-42(46(44)43-30-37-16-6-7-17-38(37)31-45(43)53)49-51-47(50-48(52-49)39-20-10-19-36(29-39)32-13-4-3-5-14-32)35-27-25-34(26-28-35)41-22-11-18-33-15-8-9-21-40(33)41/h3-31H,1-2H3. The van der Waals surface area contributed by atoms with Crippen molar-refractivity contribution in [3.8, 4) is 67.5 Å². The lowest BCUT2D eigenvalue weighted by Crippen LogP contribution is -2.49. The van der Waals surface area contributed by atoms with E-state index in [0.29, 0.717) is 17.5 Å². The van der Waals surface area contributed by atoms with E-state index in [4.69, 9.17) is 15.0 Å². The summed E-state index contributed by atoms with van der Waals surface area (Å²) in [5.74, 6) is 2.01. The predicted molar refractivity (Wildman–Crippen MR) is 224 cm³/mol. The third kappa shape index (κ3) is 5.30. The van der Waals surface area contributed by atoms with Gasteiger partial charge in [0.1, 0.15) is 8.07 Å². The fourth-order valence-electron chi connectivity index (χ4n) is 8.16. The van der Waals surface area contributed by atoms with Gasteiger partial charge in [-0.1, -0.05) is 177 Å². The molecule has 0 amide bonds. The average molecular weight is 694 g/mol. The third-order valence-corrected chi connectivity index (χ3v) is 14.4. The summed E-state index contributed by atoms with van der Waals surface area (Å²) in [4.78, 5) is 15.8. The zero-order valence-corrected chi connectivity index (χ0v) is 30.6. The lowest BCUT2D eigenvalue weighted by Gasteiger charge is -2.19. The van der Waals surface area contributed by atoms with Crippen LogP contribution in [0.15, 0.2) is 176 Å². The number of hydrogen-bond donors (Lipinski definition) is 0. The molecule has 53 heavy (non-hydrogen) atoms. The van der Waals surface area contributed by atoms with Gasteiger partial charge >= 0.3 is 0 Å². The molecule has 0 atom stereocenters. The summed E-state index contributed by atoms with van der Waals surface area (Å²) >= 11 is 0. The Morgan fingerprint density at radius 1 is 0.340 bits per heavy atom. The molecule has 2 heterocycles. The summed E-state index contributed by atoms with van der Waals surface area (Å²) < 4.78 is 0. The van der Waals surface area contributed by atoms with E-state index in [1.54, 1.807) is 0 Å². The molecule has 4 heteroatoms. The second kappa shape index (κ2) is 12.3. The Morgan fingerprint density at radius 3 is 1.72 bits per heavy atom. The van der Waals surface area contributed by atoms with Crippen molar-refractivity contribution in [2.75, 3.05) is 0 Å². The first-order valence-electron chi connectivity index (χ1n) is 18.2. The van der Waals surface area contributed by atoms with Gasteiger partial charge in [0.15, 0.2) is 17.5 Å². The van der Waals surface area contributed by atoms with Gasteiger partial charge < -0.3 is 0 Å². The first kappa shape index (κ1) is 31.3. The van der Waals surface area contributed by atoms with Crippen LogP contribution in [0.1, 0.15) is 0 Å². The molecule has 0 unspecified atom stereocenters. The van der Waals surface area contributed by atoms with Crippen LogP contribution < -0.4 is 10.4 Å². The summed E-state index contributed by atoms with van der Waals surface area (Å²) in [6.07, 6.45) is 0. The van der Waals surface area contributed by atoms with Gasteiger partial charge in [0, 0.05) is 16.7 Å². The van der Waals surface area contributed by atoms with E-state index >= 15 is 0 Å². The molecule has 3 nitrogen and oxygen atoms in total. The first-order chi connectivity index (χ1) is 26.0. The molecule has 10 rings (SSSR count). The largest absolute Gasteiger partial charge is 0.208 e. The zero-order chi connectivity index (χ0) is 35.5. The highest BCUT2D eigenvalue weighted by Gasteiger charge is 2.39. The number of fused-ring (bicyclic) bond motifs is 5. The maximum Gasteiger partial charge on any atom is 0.164 e. The predicted octanol–water partition coefficient (Wildman–Crippen LogP) is 11.3. The molecule has 1 aliphatic rings. The van der Waals surface area contributed by atoms with Gasteiger partial charge in [-0.15, -0.1) is 0 Å². The maximum absolute atomic E-state index is 5.29. The topological polar surface area (TPSA) is 38.7 Å². The van der Waals surface area contributed by atoms with Crippen LogP contribution in [0.2, 0.25) is 13.1 Å². The smallest absolute Gasteiger partial charge is 0.164 e. The molecule has 0 aliphatic carbocycles. The molecular formula is C49H35N3Si. The Labute approximate surface area is 310 Å². The molecule has 0 saturated carbocycles. The molecule has 1 aliphatic heterocycles. The minimum Gasteiger partial charge on any atom is -0.208 e. The van der Waals surface area contributed by atoms with Crippen LogP contribution >= 0.6 is 0 Å². The Balaban J connectivity index is 1.16. The Hall–Kier alpha value is -6.49. The van der Waals surface area contributed by atoms with Crippen molar-refractivity contribution < 1.29 is 0 Å². The van der Waals surface area contributed by atoms with Gasteiger partial charge in [-0.05, 0) is 77.4 Å². The Morgan fingerprint density at radius 2 is 0.906 bits per heavy atom. The number of nitrogens with zero attached hydrogens (tertiary/aromatic N) is 3. The van der Waals surface area contributed by atoms with E-state index in [0.717, 1.165) is 33.4 Å². The Kier molecular flexibility index (Phi) is 7.27. The fraction of sp³-hybridized carbons (Fsp3) is 0.0408. The van der Waals surface area contributed by atoms with Crippen LogP contribution in [0.3, 0.4) is 0 Å². The molecule has 8 aromatic carbocycles. The van der Waals surface area contributed by atoms with Crippen LogP contribution in [0.25, 0.3) is 89.1 Å². The zero-order valence-electron chi connectivity index (χ0n) is 29.6. The van der Waals surface area contributed by atoms with Crippen LogP contribution in [0, 0.1) is 0 Å². The highest BCUT2D eigenvalue weighted by Crippen LogP contribution is 2.39. The van der Waals surface area contributed by atoms with Gasteiger partial charge in [-0.3, -0.25) is 0 Å². The van der Waals surface area contributed by atoms with Crippen molar-refractivity contribution in [3.05, 3.63) is 176 Å². The van der Waals surface area contributed by atoms with E-state index < -0.39 is 8.07 Å². The summed E-state index contributed by atoms with van der Waals surface area (Å²) in [7, 11) is -1.99. The van der Waals surface area contributed by atoms with Gasteiger partial charge in [0.2, 0.25) is 0 Å². The summed E-state index contributed by atoms with van der Waals surface area (Å²) in [5, 5.41) is 7.90. The molecule has 0 radical (unpaired) electrons. The first-order valence-corrected chi connectivity index (χ1v) is 21.2. The van der Waals surface area contributed by atoms with E-state index in [1.165, 1.54) is 48.6 Å². The van der Waals surface area contributed by atoms with Crippen LogP contribution in [-0.2, 0) is 0 Å². The fourth-order valence-corrected chi connectivity index (χ4v) is 11.2. The lowest BCUT2D eigenvalue weighted by atomic mass is 9.96.